The molecule has 0 aromatic carbocycles. The molecule has 1 saturated heterocycles. The monoisotopic (exact) mass is 333 g/mol. The standard InChI is InChI=1S/C23H43N/c1-17(2)23-14-11-19(12-15-23)22(23,7)13-10-18(3)24-16-8-9-20(24)21(4,5)6/h17-20H,8-16H2,1-7H3/t18?,19?,20-,22?,23?/m0/s1. The van der Waals surface area contributed by atoms with Crippen molar-refractivity contribution in [3.05, 3.63) is 0 Å². The zero-order chi connectivity index (χ0) is 17.8. The fourth-order valence-corrected chi connectivity index (χ4v) is 7.36. The van der Waals surface area contributed by atoms with Gasteiger partial charge in [-0.05, 0) is 92.9 Å². The molecular formula is C23H43N. The maximum atomic E-state index is 2.86. The topological polar surface area (TPSA) is 3.24 Å². The highest BCUT2D eigenvalue weighted by molar-refractivity contribution is 5.11. The number of nitrogens with zero attached hydrogens (tertiary/aromatic N) is 1. The van der Waals surface area contributed by atoms with Crippen molar-refractivity contribution in [2.75, 3.05) is 6.54 Å². The molecule has 2 unspecified atom stereocenters. The maximum absolute atomic E-state index is 2.86. The van der Waals surface area contributed by atoms with Gasteiger partial charge in [0.15, 0.2) is 0 Å². The third-order valence-corrected chi connectivity index (χ3v) is 8.96. The molecule has 3 aliphatic rings. The SMILES string of the molecule is CC(CCC1(C)C2CCC1(C(C)C)CC2)N1CCC[C@H]1C(C)(C)C. The molecule has 0 N–H and O–H groups in total. The quantitative estimate of drug-likeness (QED) is 0.553. The van der Waals surface area contributed by atoms with Crippen molar-refractivity contribution in [1.29, 1.82) is 0 Å². The van der Waals surface area contributed by atoms with E-state index in [0.717, 1.165) is 23.9 Å². The number of hydrogen-bond acceptors (Lipinski definition) is 1. The zero-order valence-corrected chi connectivity index (χ0v) is 17.6. The Morgan fingerprint density at radius 3 is 2.21 bits per heavy atom. The molecule has 0 aromatic heterocycles. The minimum absolute atomic E-state index is 0.431. The van der Waals surface area contributed by atoms with Crippen LogP contribution in [0.15, 0.2) is 0 Å². The van der Waals surface area contributed by atoms with Crippen molar-refractivity contribution in [2.45, 2.75) is 112 Å². The van der Waals surface area contributed by atoms with Crippen LogP contribution in [0.4, 0.5) is 0 Å². The Balaban J connectivity index is 1.67. The molecule has 2 saturated carbocycles. The van der Waals surface area contributed by atoms with E-state index in [-0.39, 0.29) is 0 Å². The van der Waals surface area contributed by atoms with E-state index in [9.17, 15) is 0 Å². The Bertz CT molecular complexity index is 437. The summed E-state index contributed by atoms with van der Waals surface area (Å²) in [5.74, 6) is 1.88. The zero-order valence-electron chi connectivity index (χ0n) is 17.6. The average molecular weight is 334 g/mol. The highest BCUT2D eigenvalue weighted by Gasteiger charge is 2.61. The molecule has 3 fully saturated rings. The molecule has 24 heavy (non-hydrogen) atoms. The van der Waals surface area contributed by atoms with Crippen LogP contribution in [0, 0.1) is 28.1 Å². The second kappa shape index (κ2) is 6.29. The van der Waals surface area contributed by atoms with E-state index in [2.05, 4.69) is 53.4 Å². The smallest absolute Gasteiger partial charge is 0.0147 e. The Kier molecular flexibility index (Phi) is 4.91. The molecule has 1 heterocycles. The number of fused-ring (bicyclic) bond motifs is 2. The largest absolute Gasteiger partial charge is 0.297 e. The lowest BCUT2D eigenvalue weighted by atomic mass is 9.60. The Hall–Kier alpha value is -0.0400. The maximum Gasteiger partial charge on any atom is 0.0147 e. The van der Waals surface area contributed by atoms with E-state index < -0.39 is 0 Å². The fourth-order valence-electron chi connectivity index (χ4n) is 7.36. The van der Waals surface area contributed by atoms with Crippen molar-refractivity contribution in [1.82, 2.24) is 4.90 Å². The van der Waals surface area contributed by atoms with Gasteiger partial charge in [0.05, 0.1) is 0 Å². The van der Waals surface area contributed by atoms with E-state index in [1.807, 2.05) is 0 Å². The first-order valence-corrected chi connectivity index (χ1v) is 10.9. The van der Waals surface area contributed by atoms with Gasteiger partial charge in [0, 0.05) is 12.1 Å². The molecule has 1 heteroatoms. The van der Waals surface area contributed by atoms with Crippen molar-refractivity contribution in [2.24, 2.45) is 28.1 Å². The van der Waals surface area contributed by atoms with Gasteiger partial charge in [-0.15, -0.1) is 0 Å². The lowest BCUT2D eigenvalue weighted by molar-refractivity contribution is 0.0282. The molecule has 0 radical (unpaired) electrons. The van der Waals surface area contributed by atoms with Crippen LogP contribution in [-0.4, -0.2) is 23.5 Å². The molecular weight excluding hydrogens is 290 g/mol. The minimum atomic E-state index is 0.431. The Morgan fingerprint density at radius 2 is 1.67 bits per heavy atom. The van der Waals surface area contributed by atoms with Crippen LogP contribution in [0.1, 0.15) is 99.8 Å². The van der Waals surface area contributed by atoms with Gasteiger partial charge in [0.1, 0.15) is 0 Å². The van der Waals surface area contributed by atoms with Crippen LogP contribution >= 0.6 is 0 Å². The number of likely N-dealkylation sites (tertiary alicyclic amines) is 1. The van der Waals surface area contributed by atoms with Crippen molar-refractivity contribution >= 4 is 0 Å². The predicted octanol–water partition coefficient (Wildman–Crippen LogP) is 6.52. The van der Waals surface area contributed by atoms with Crippen LogP contribution in [0.3, 0.4) is 0 Å². The summed E-state index contributed by atoms with van der Waals surface area (Å²) in [6.45, 7) is 18.9. The van der Waals surface area contributed by atoms with E-state index in [1.165, 1.54) is 57.9 Å². The molecule has 2 aliphatic carbocycles. The summed E-state index contributed by atoms with van der Waals surface area (Å²) in [6, 6.07) is 1.55. The first-order chi connectivity index (χ1) is 11.1. The third kappa shape index (κ3) is 2.78. The average Bonchev–Trinajstić information content (AvgIpc) is 3.17. The number of rotatable bonds is 5. The van der Waals surface area contributed by atoms with E-state index in [0.29, 0.717) is 16.2 Å². The first-order valence-electron chi connectivity index (χ1n) is 10.9. The van der Waals surface area contributed by atoms with Gasteiger partial charge in [0.25, 0.3) is 0 Å². The third-order valence-electron chi connectivity index (χ3n) is 8.96. The second-order valence-electron chi connectivity index (χ2n) is 11.2. The normalized spacial score (nSPS) is 41.5. The number of hydrogen-bond donors (Lipinski definition) is 0. The summed E-state index contributed by atoms with van der Waals surface area (Å²) in [7, 11) is 0. The molecule has 2 bridgehead atoms. The summed E-state index contributed by atoms with van der Waals surface area (Å²) in [5, 5.41) is 0. The molecule has 3 atom stereocenters. The second-order valence-corrected chi connectivity index (χ2v) is 11.2. The van der Waals surface area contributed by atoms with E-state index in [4.69, 9.17) is 0 Å². The van der Waals surface area contributed by atoms with Gasteiger partial charge in [-0.25, -0.2) is 0 Å². The summed E-state index contributed by atoms with van der Waals surface area (Å²) >= 11 is 0. The lowest BCUT2D eigenvalue weighted by Gasteiger charge is -2.46. The van der Waals surface area contributed by atoms with Gasteiger partial charge in [0.2, 0.25) is 0 Å². The summed E-state index contributed by atoms with van der Waals surface area (Å²) in [6.07, 6.45) is 11.7. The van der Waals surface area contributed by atoms with Gasteiger partial charge in [-0.2, -0.15) is 0 Å². The van der Waals surface area contributed by atoms with Crippen molar-refractivity contribution in [3.8, 4) is 0 Å². The Morgan fingerprint density at radius 1 is 1.04 bits per heavy atom. The Labute approximate surface area is 152 Å². The van der Waals surface area contributed by atoms with Crippen molar-refractivity contribution < 1.29 is 0 Å². The fraction of sp³-hybridized carbons (Fsp3) is 1.00. The van der Waals surface area contributed by atoms with Crippen LogP contribution in [-0.2, 0) is 0 Å². The molecule has 1 aliphatic heterocycles. The molecule has 3 rings (SSSR count). The highest BCUT2D eigenvalue weighted by Crippen LogP contribution is 2.70. The van der Waals surface area contributed by atoms with Crippen LogP contribution in [0.5, 0.6) is 0 Å². The van der Waals surface area contributed by atoms with Crippen LogP contribution in [0.25, 0.3) is 0 Å². The molecule has 0 aromatic rings. The van der Waals surface area contributed by atoms with Crippen LogP contribution < -0.4 is 0 Å². The van der Waals surface area contributed by atoms with E-state index >= 15 is 0 Å². The molecule has 0 spiro atoms. The van der Waals surface area contributed by atoms with Crippen molar-refractivity contribution in [3.63, 3.8) is 0 Å². The predicted molar refractivity (Wildman–Crippen MR) is 105 cm³/mol. The summed E-state index contributed by atoms with van der Waals surface area (Å²) in [4.78, 5) is 2.86. The summed E-state index contributed by atoms with van der Waals surface area (Å²) < 4.78 is 0. The van der Waals surface area contributed by atoms with Gasteiger partial charge < -0.3 is 0 Å². The van der Waals surface area contributed by atoms with E-state index in [1.54, 1.807) is 0 Å². The minimum Gasteiger partial charge on any atom is -0.297 e. The van der Waals surface area contributed by atoms with Gasteiger partial charge in [-0.3, -0.25) is 4.90 Å². The molecule has 1 nitrogen and oxygen atoms in total. The summed E-state index contributed by atoms with van der Waals surface area (Å²) in [5.41, 5.74) is 1.71. The van der Waals surface area contributed by atoms with Gasteiger partial charge >= 0.3 is 0 Å². The van der Waals surface area contributed by atoms with Crippen LogP contribution in [0.2, 0.25) is 0 Å². The van der Waals surface area contributed by atoms with Gasteiger partial charge in [-0.1, -0.05) is 41.5 Å². The lowest BCUT2D eigenvalue weighted by Crippen LogP contribution is -2.45. The highest BCUT2D eigenvalue weighted by atomic mass is 15.2. The molecule has 140 valence electrons. The molecule has 0 amide bonds. The first kappa shape index (κ1) is 18.7.